The molecule has 3 N–H and O–H groups in total. The van der Waals surface area contributed by atoms with Crippen LogP contribution in [-0.4, -0.2) is 41.1 Å². The van der Waals surface area contributed by atoms with Crippen LogP contribution in [0.15, 0.2) is 66.7 Å². The van der Waals surface area contributed by atoms with Gasteiger partial charge in [0, 0.05) is 23.9 Å². The van der Waals surface area contributed by atoms with E-state index in [2.05, 4.69) is 16.7 Å². The Balaban J connectivity index is 1.43. The molecule has 1 atom stereocenters. The lowest BCUT2D eigenvalue weighted by Gasteiger charge is -2.29. The monoisotopic (exact) mass is 518 g/mol. The summed E-state index contributed by atoms with van der Waals surface area (Å²) in [5, 5.41) is 14.8. The van der Waals surface area contributed by atoms with E-state index in [-0.39, 0.29) is 18.7 Å². The van der Waals surface area contributed by atoms with E-state index in [9.17, 15) is 18.8 Å². The molecule has 0 fully saturated rings. The summed E-state index contributed by atoms with van der Waals surface area (Å²) in [6, 6.07) is 18.0. The number of benzene rings is 3. The predicted molar refractivity (Wildman–Crippen MR) is 142 cm³/mol. The number of carboxylic acids is 1. The van der Waals surface area contributed by atoms with Crippen molar-refractivity contribution >= 4 is 17.8 Å². The van der Waals surface area contributed by atoms with Crippen LogP contribution in [-0.2, 0) is 22.4 Å². The number of halogens is 1. The average Bonchev–Trinajstić information content (AvgIpc) is 3.35. The number of amides is 2. The van der Waals surface area contributed by atoms with Gasteiger partial charge in [0.15, 0.2) is 0 Å². The summed E-state index contributed by atoms with van der Waals surface area (Å²) in [5.41, 5.74) is 3.58. The molecule has 0 radical (unpaired) electrons. The van der Waals surface area contributed by atoms with Crippen molar-refractivity contribution in [3.8, 4) is 16.9 Å². The van der Waals surface area contributed by atoms with Gasteiger partial charge in [-0.15, -0.1) is 0 Å². The maximum Gasteiger partial charge on any atom is 0.303 e. The first kappa shape index (κ1) is 26.9. The summed E-state index contributed by atoms with van der Waals surface area (Å²) in [4.78, 5) is 37.3. The summed E-state index contributed by atoms with van der Waals surface area (Å²) in [6.45, 7) is 4.31. The number of aliphatic carboxylic acids is 1. The molecular formula is C30H31FN2O5. The molecule has 2 amide bonds. The minimum Gasteiger partial charge on any atom is -0.493 e. The Kier molecular flexibility index (Phi) is 8.10. The smallest absolute Gasteiger partial charge is 0.303 e. The van der Waals surface area contributed by atoms with Crippen molar-refractivity contribution in [1.29, 1.82) is 0 Å². The fourth-order valence-corrected chi connectivity index (χ4v) is 4.54. The van der Waals surface area contributed by atoms with E-state index in [1.807, 2.05) is 38.1 Å². The Morgan fingerprint density at radius 1 is 1.00 bits per heavy atom. The van der Waals surface area contributed by atoms with Gasteiger partial charge in [-0.25, -0.2) is 4.39 Å². The fourth-order valence-electron chi connectivity index (χ4n) is 4.54. The standard InChI is InChI=1S/C30H31FN2O5/c1-30(2,18-19-3-10-24(31)11-4-19)33-29(37)25(12-14-27(34)35)32-28(36)21-7-5-20(6-8-21)22-9-13-26-23(17-22)15-16-38-26/h3-11,13,17,25H,12,14-16,18H2,1-2H3,(H,32,36)(H,33,37)(H,34,35)/t25-/m0/s1. The van der Waals surface area contributed by atoms with Crippen molar-refractivity contribution in [2.45, 2.75) is 51.1 Å². The molecule has 4 rings (SSSR count). The number of fused-ring (bicyclic) bond motifs is 1. The average molecular weight is 519 g/mol. The lowest BCUT2D eigenvalue weighted by atomic mass is 9.94. The number of carbonyl (C=O) groups is 3. The van der Waals surface area contributed by atoms with Gasteiger partial charge in [0.25, 0.3) is 5.91 Å². The molecule has 38 heavy (non-hydrogen) atoms. The quantitative estimate of drug-likeness (QED) is 0.366. The van der Waals surface area contributed by atoms with E-state index >= 15 is 0 Å². The van der Waals surface area contributed by atoms with Crippen molar-refractivity contribution in [2.75, 3.05) is 6.61 Å². The first-order chi connectivity index (χ1) is 18.1. The number of carbonyl (C=O) groups excluding carboxylic acids is 2. The normalized spacial score (nSPS) is 13.2. The van der Waals surface area contributed by atoms with Gasteiger partial charge < -0.3 is 20.5 Å². The van der Waals surface area contributed by atoms with Crippen LogP contribution in [0.25, 0.3) is 11.1 Å². The minimum absolute atomic E-state index is 0.0607. The summed E-state index contributed by atoms with van der Waals surface area (Å²) in [7, 11) is 0. The van der Waals surface area contributed by atoms with Crippen LogP contribution in [0.4, 0.5) is 4.39 Å². The zero-order valence-corrected chi connectivity index (χ0v) is 21.4. The molecule has 0 aromatic heterocycles. The van der Waals surface area contributed by atoms with Crippen molar-refractivity contribution in [3.05, 3.63) is 89.2 Å². The van der Waals surface area contributed by atoms with Gasteiger partial charge in [0.1, 0.15) is 17.6 Å². The molecule has 8 heteroatoms. The SMILES string of the molecule is CC(C)(Cc1ccc(F)cc1)NC(=O)[C@H](CCC(=O)O)NC(=O)c1ccc(-c2ccc3c(c2)CCO3)cc1. The zero-order valence-electron chi connectivity index (χ0n) is 21.4. The predicted octanol–water partition coefficient (Wildman–Crippen LogP) is 4.53. The first-order valence-electron chi connectivity index (χ1n) is 12.5. The van der Waals surface area contributed by atoms with E-state index in [1.165, 1.54) is 12.1 Å². The Morgan fingerprint density at radius 2 is 1.68 bits per heavy atom. The summed E-state index contributed by atoms with van der Waals surface area (Å²) >= 11 is 0. The minimum atomic E-state index is -1.06. The second-order valence-electron chi connectivity index (χ2n) is 10.1. The van der Waals surface area contributed by atoms with Gasteiger partial charge in [0.2, 0.25) is 5.91 Å². The Morgan fingerprint density at radius 3 is 2.37 bits per heavy atom. The highest BCUT2D eigenvalue weighted by Gasteiger charge is 2.28. The topological polar surface area (TPSA) is 105 Å². The molecule has 198 valence electrons. The van der Waals surface area contributed by atoms with E-state index in [4.69, 9.17) is 9.84 Å². The molecular weight excluding hydrogens is 487 g/mol. The van der Waals surface area contributed by atoms with E-state index in [0.717, 1.165) is 34.4 Å². The van der Waals surface area contributed by atoms with Crippen LogP contribution in [0.2, 0.25) is 0 Å². The number of carboxylic acid groups (broad SMARTS) is 1. The molecule has 1 heterocycles. The second-order valence-corrected chi connectivity index (χ2v) is 10.1. The number of hydrogen-bond donors (Lipinski definition) is 3. The molecule has 0 bridgehead atoms. The van der Waals surface area contributed by atoms with Crippen LogP contribution in [0.3, 0.4) is 0 Å². The van der Waals surface area contributed by atoms with Crippen molar-refractivity contribution < 1.29 is 28.6 Å². The molecule has 0 aliphatic carbocycles. The summed E-state index contributed by atoms with van der Waals surface area (Å²) < 4.78 is 18.8. The fraction of sp³-hybridized carbons (Fsp3) is 0.300. The van der Waals surface area contributed by atoms with Crippen LogP contribution in [0.5, 0.6) is 5.75 Å². The number of rotatable bonds is 10. The molecule has 0 unspecified atom stereocenters. The van der Waals surface area contributed by atoms with Crippen molar-refractivity contribution in [3.63, 3.8) is 0 Å². The number of nitrogens with one attached hydrogen (secondary N) is 2. The molecule has 3 aromatic carbocycles. The van der Waals surface area contributed by atoms with Crippen LogP contribution < -0.4 is 15.4 Å². The van der Waals surface area contributed by atoms with E-state index in [0.29, 0.717) is 18.6 Å². The van der Waals surface area contributed by atoms with Crippen LogP contribution in [0, 0.1) is 5.82 Å². The third-order valence-corrected chi connectivity index (χ3v) is 6.46. The van der Waals surface area contributed by atoms with E-state index < -0.39 is 29.4 Å². The highest BCUT2D eigenvalue weighted by Crippen LogP contribution is 2.30. The lowest BCUT2D eigenvalue weighted by molar-refractivity contribution is -0.137. The molecule has 0 saturated carbocycles. The second kappa shape index (κ2) is 11.5. The molecule has 7 nitrogen and oxygen atoms in total. The van der Waals surface area contributed by atoms with Gasteiger partial charge in [-0.05, 0) is 85.3 Å². The molecule has 1 aliphatic rings. The first-order valence-corrected chi connectivity index (χ1v) is 12.5. The van der Waals surface area contributed by atoms with Gasteiger partial charge in [0.05, 0.1) is 6.61 Å². The third kappa shape index (κ3) is 6.97. The molecule has 0 spiro atoms. The maximum atomic E-state index is 13.2. The highest BCUT2D eigenvalue weighted by atomic mass is 19.1. The summed E-state index contributed by atoms with van der Waals surface area (Å²) in [5.74, 6) is -1.46. The highest BCUT2D eigenvalue weighted by molar-refractivity contribution is 5.98. The number of ether oxygens (including phenoxy) is 1. The maximum absolute atomic E-state index is 13.2. The number of hydrogen-bond acceptors (Lipinski definition) is 4. The Labute approximate surface area is 221 Å². The largest absolute Gasteiger partial charge is 0.493 e. The van der Waals surface area contributed by atoms with Gasteiger partial charge in [-0.1, -0.05) is 30.3 Å². The molecule has 3 aromatic rings. The Hall–Kier alpha value is -4.20. The van der Waals surface area contributed by atoms with Crippen molar-refractivity contribution in [1.82, 2.24) is 10.6 Å². The van der Waals surface area contributed by atoms with E-state index in [1.54, 1.807) is 24.3 Å². The van der Waals surface area contributed by atoms with Gasteiger partial charge in [-0.3, -0.25) is 14.4 Å². The van der Waals surface area contributed by atoms with Crippen molar-refractivity contribution in [2.24, 2.45) is 0 Å². The molecule has 1 aliphatic heterocycles. The zero-order chi connectivity index (χ0) is 27.3. The third-order valence-electron chi connectivity index (χ3n) is 6.46. The van der Waals surface area contributed by atoms with Crippen LogP contribution >= 0.6 is 0 Å². The van der Waals surface area contributed by atoms with Gasteiger partial charge in [-0.2, -0.15) is 0 Å². The molecule has 0 saturated heterocycles. The van der Waals surface area contributed by atoms with Gasteiger partial charge >= 0.3 is 5.97 Å². The summed E-state index contributed by atoms with van der Waals surface area (Å²) in [6.07, 6.45) is 0.950. The Bertz CT molecular complexity index is 1320. The van der Waals surface area contributed by atoms with Crippen LogP contribution in [0.1, 0.15) is 48.2 Å². The lowest BCUT2D eigenvalue weighted by Crippen LogP contribution is -2.54.